The van der Waals surface area contributed by atoms with Crippen LogP contribution in [0.3, 0.4) is 0 Å². The van der Waals surface area contributed by atoms with Gasteiger partial charge in [0.1, 0.15) is 6.61 Å². The van der Waals surface area contributed by atoms with Gasteiger partial charge in [0.05, 0.1) is 12.2 Å². The third-order valence-corrected chi connectivity index (χ3v) is 12.2. The quantitative estimate of drug-likeness (QED) is 0.336. The van der Waals surface area contributed by atoms with Crippen LogP contribution in [0.15, 0.2) is 72.3 Å². The van der Waals surface area contributed by atoms with Crippen LogP contribution in [0.1, 0.15) is 62.5 Å². The number of aliphatic hydroxyl groups excluding tert-OH is 2. The van der Waals surface area contributed by atoms with E-state index in [0.29, 0.717) is 24.8 Å². The molecular formula is C36H40FNO6S. The van der Waals surface area contributed by atoms with Gasteiger partial charge in [-0.25, -0.2) is 4.39 Å². The number of hydrogen-bond donors (Lipinski definition) is 3. The molecule has 1 unspecified atom stereocenters. The highest BCUT2D eigenvalue weighted by molar-refractivity contribution is 7.99. The molecule has 9 heteroatoms. The van der Waals surface area contributed by atoms with E-state index in [1.807, 2.05) is 49.6 Å². The van der Waals surface area contributed by atoms with Crippen molar-refractivity contribution in [3.05, 3.63) is 89.0 Å². The van der Waals surface area contributed by atoms with Crippen molar-refractivity contribution in [2.45, 2.75) is 75.7 Å². The molecule has 7 rings (SSSR count). The van der Waals surface area contributed by atoms with Gasteiger partial charge < -0.3 is 24.4 Å². The maximum Gasteiger partial charge on any atom is 0.193 e. The molecule has 7 nitrogen and oxygen atoms in total. The number of halogens is 1. The fraction of sp³-hybridized carbons (Fsp3) is 0.500. The van der Waals surface area contributed by atoms with Gasteiger partial charge in [0.2, 0.25) is 0 Å². The Labute approximate surface area is 267 Å². The number of nitrogens with one attached hydrogen (secondary N) is 1. The predicted octanol–water partition coefficient (Wildman–Crippen LogP) is 5.66. The summed E-state index contributed by atoms with van der Waals surface area (Å²) in [4.78, 5) is 25.9. The third-order valence-electron chi connectivity index (χ3n) is 11.7. The Hall–Kier alpha value is -2.82. The zero-order valence-corrected chi connectivity index (χ0v) is 26.6. The number of anilines is 1. The van der Waals surface area contributed by atoms with Gasteiger partial charge in [-0.15, -0.1) is 0 Å². The van der Waals surface area contributed by atoms with Crippen molar-refractivity contribution in [2.24, 2.45) is 22.7 Å². The average Bonchev–Trinajstić information content (AvgIpc) is 3.52. The Morgan fingerprint density at radius 2 is 1.91 bits per heavy atom. The lowest BCUT2D eigenvalue weighted by Crippen LogP contribution is -2.69. The van der Waals surface area contributed by atoms with Crippen LogP contribution in [0.4, 0.5) is 10.1 Å². The number of allylic oxidation sites excluding steroid dienone is 4. The van der Waals surface area contributed by atoms with Crippen molar-refractivity contribution >= 4 is 29.2 Å². The van der Waals surface area contributed by atoms with Crippen molar-refractivity contribution in [3.8, 4) is 0 Å². The lowest BCUT2D eigenvalue weighted by molar-refractivity contribution is -0.231. The van der Waals surface area contributed by atoms with Gasteiger partial charge >= 0.3 is 0 Å². The van der Waals surface area contributed by atoms with E-state index in [1.165, 1.54) is 17.7 Å². The van der Waals surface area contributed by atoms with Crippen LogP contribution in [0.2, 0.25) is 0 Å². The van der Waals surface area contributed by atoms with Crippen LogP contribution in [0.25, 0.3) is 0 Å². The maximum atomic E-state index is 17.6. The lowest BCUT2D eigenvalue weighted by Gasteiger charge is -2.62. The van der Waals surface area contributed by atoms with E-state index in [9.17, 15) is 19.8 Å². The van der Waals surface area contributed by atoms with Gasteiger partial charge in [-0.05, 0) is 80.4 Å². The minimum atomic E-state index is -2.03. The minimum Gasteiger partial charge on any atom is -0.390 e. The van der Waals surface area contributed by atoms with E-state index in [-0.39, 0.29) is 18.1 Å². The Morgan fingerprint density at radius 1 is 1.13 bits per heavy atom. The first-order chi connectivity index (χ1) is 21.5. The Morgan fingerprint density at radius 3 is 2.64 bits per heavy atom. The fourth-order valence-corrected chi connectivity index (χ4v) is 9.98. The molecule has 1 aliphatic heterocycles. The molecule has 0 aromatic heterocycles. The fourth-order valence-electron chi connectivity index (χ4n) is 9.61. The number of fused-ring (bicyclic) bond motifs is 7. The number of rotatable bonds is 7. The molecule has 5 aliphatic rings. The van der Waals surface area contributed by atoms with Gasteiger partial charge in [-0.1, -0.05) is 66.9 Å². The Kier molecular flexibility index (Phi) is 7.45. The molecule has 0 radical (unpaired) electrons. The summed E-state index contributed by atoms with van der Waals surface area (Å²) >= 11 is 1.55. The second-order valence-corrected chi connectivity index (χ2v) is 14.4. The summed E-state index contributed by atoms with van der Waals surface area (Å²) in [5.74, 6) is -1.59. The van der Waals surface area contributed by atoms with Crippen LogP contribution in [0.5, 0.6) is 0 Å². The monoisotopic (exact) mass is 633 g/mol. The predicted molar refractivity (Wildman–Crippen MR) is 170 cm³/mol. The highest BCUT2D eigenvalue weighted by Crippen LogP contribution is 2.72. The summed E-state index contributed by atoms with van der Waals surface area (Å²) in [7, 11) is 0. The van der Waals surface area contributed by atoms with E-state index < -0.39 is 58.9 Å². The summed E-state index contributed by atoms with van der Waals surface area (Å²) < 4.78 is 34.0. The molecular weight excluding hydrogens is 593 g/mol. The highest BCUT2D eigenvalue weighted by atomic mass is 32.2. The number of ether oxygens (including phenoxy) is 2. The van der Waals surface area contributed by atoms with Crippen molar-refractivity contribution in [1.82, 2.24) is 0 Å². The van der Waals surface area contributed by atoms with Crippen LogP contribution >= 0.6 is 11.9 Å². The summed E-state index contributed by atoms with van der Waals surface area (Å²) in [5, 5.41) is 21.9. The number of carbonyl (C=O) groups excluding carboxylic acids is 2. The standard InChI is InChI=1S/C36H40FNO6S/c1-33-14-13-26(40)17-24(33)11-12-27-28-18-31-36(30(42)20-39,34(28,2)19-29(41)35(27,33)37)44-32(43-31)23-9-7-21(8-10-23)15-22-5-4-6-25(16-22)38-45-3/h4-10,13-14,16-17,27-29,31-32,38-39,41H,11-12,15,18-20H2,1-3H3/t27-,28-,29-,31+,32?,33-,34-,35-,36+/m0/s1. The van der Waals surface area contributed by atoms with E-state index in [4.69, 9.17) is 9.47 Å². The second kappa shape index (κ2) is 10.9. The number of ketones is 2. The second-order valence-electron chi connectivity index (χ2n) is 13.8. The Balaban J connectivity index is 1.17. The minimum absolute atomic E-state index is 0.0307. The molecule has 238 valence electrons. The van der Waals surface area contributed by atoms with Crippen LogP contribution in [0, 0.1) is 22.7 Å². The van der Waals surface area contributed by atoms with Gasteiger partial charge in [0.25, 0.3) is 0 Å². The van der Waals surface area contributed by atoms with E-state index in [1.54, 1.807) is 24.9 Å². The largest absolute Gasteiger partial charge is 0.390 e. The van der Waals surface area contributed by atoms with Crippen LogP contribution < -0.4 is 4.72 Å². The van der Waals surface area contributed by atoms with Crippen molar-refractivity contribution in [2.75, 3.05) is 17.6 Å². The average molecular weight is 634 g/mol. The first kappa shape index (κ1) is 30.8. The van der Waals surface area contributed by atoms with Gasteiger partial charge in [0.15, 0.2) is 29.1 Å². The molecule has 9 atom stereocenters. The molecule has 1 saturated heterocycles. The third kappa shape index (κ3) is 4.30. The summed E-state index contributed by atoms with van der Waals surface area (Å²) in [6.45, 7) is 2.93. The summed E-state index contributed by atoms with van der Waals surface area (Å²) in [6.07, 6.45) is 5.62. The molecule has 45 heavy (non-hydrogen) atoms. The molecule has 4 fully saturated rings. The summed E-state index contributed by atoms with van der Waals surface area (Å²) in [6, 6.07) is 16.2. The smallest absolute Gasteiger partial charge is 0.193 e. The van der Waals surface area contributed by atoms with E-state index in [0.717, 1.165) is 23.2 Å². The Bertz CT molecular complexity index is 1590. The number of carbonyl (C=O) groups is 2. The first-order valence-electron chi connectivity index (χ1n) is 15.8. The zero-order valence-electron chi connectivity index (χ0n) is 25.8. The number of Topliss-reactive ketones (excluding diaryl/α,β-unsaturated/α-hetero) is 1. The van der Waals surface area contributed by atoms with Crippen LogP contribution in [-0.2, 0) is 25.5 Å². The van der Waals surface area contributed by atoms with Crippen molar-refractivity contribution < 1.29 is 33.7 Å². The van der Waals surface area contributed by atoms with Crippen LogP contribution in [-0.4, -0.2) is 58.1 Å². The van der Waals surface area contributed by atoms with Gasteiger partial charge in [-0.3, -0.25) is 9.59 Å². The van der Waals surface area contributed by atoms with Crippen molar-refractivity contribution in [3.63, 3.8) is 0 Å². The molecule has 4 aliphatic carbocycles. The molecule has 0 amide bonds. The molecule has 0 spiro atoms. The normalized spacial score (nSPS) is 39.8. The van der Waals surface area contributed by atoms with Gasteiger partial charge in [-0.2, -0.15) is 0 Å². The maximum absolute atomic E-state index is 17.6. The van der Waals surface area contributed by atoms with E-state index in [2.05, 4.69) is 16.9 Å². The van der Waals surface area contributed by atoms with Gasteiger partial charge in [0, 0.05) is 34.3 Å². The number of benzene rings is 2. The van der Waals surface area contributed by atoms with E-state index >= 15 is 4.39 Å². The highest BCUT2D eigenvalue weighted by Gasteiger charge is 2.79. The molecule has 3 N–H and O–H groups in total. The number of aliphatic hydroxyl groups is 2. The molecule has 1 heterocycles. The lowest BCUT2D eigenvalue weighted by atomic mass is 9.44. The molecule has 3 saturated carbocycles. The SMILES string of the molecule is CSNc1cccc(Cc2ccc(C3O[C@@H]4C[C@H]5[C@@H]6CCC7=CC(=O)C=C[C@]7(C)[C@@]6(F)[C@@H](O)C[C@]5(C)[C@]4(C(=O)CO)O3)cc2)c1. The number of hydrogen-bond acceptors (Lipinski definition) is 8. The first-order valence-corrected chi connectivity index (χ1v) is 17.0. The zero-order chi connectivity index (χ0) is 31.8. The number of alkyl halides is 1. The topological polar surface area (TPSA) is 105 Å². The summed E-state index contributed by atoms with van der Waals surface area (Å²) in [5.41, 5.74) is -0.879. The van der Waals surface area contributed by atoms with Crippen molar-refractivity contribution in [1.29, 1.82) is 0 Å². The molecule has 2 aromatic carbocycles. The molecule has 2 aromatic rings. The molecule has 0 bridgehead atoms.